The second kappa shape index (κ2) is 6.09. The average Bonchev–Trinajstić information content (AvgIpc) is 2.37. The van der Waals surface area contributed by atoms with E-state index in [9.17, 15) is 22.8 Å². The van der Waals surface area contributed by atoms with Crippen LogP contribution in [-0.2, 0) is 20.5 Å². The van der Waals surface area contributed by atoms with Crippen LogP contribution in [0.25, 0.3) is 0 Å². The number of benzene rings is 1. The van der Waals surface area contributed by atoms with Gasteiger partial charge >= 0.3 is 12.1 Å². The Morgan fingerprint density at radius 1 is 1.25 bits per heavy atom. The topological polar surface area (TPSA) is 81.4 Å². The Bertz CT molecular complexity index is 536. The van der Waals surface area contributed by atoms with Crippen molar-refractivity contribution in [1.82, 2.24) is 0 Å². The second-order valence-electron chi connectivity index (χ2n) is 3.66. The molecule has 8 heteroatoms. The highest BCUT2D eigenvalue weighted by molar-refractivity contribution is 6.04. The molecule has 0 heterocycles. The molecular weight excluding hydrogens is 277 g/mol. The van der Waals surface area contributed by atoms with E-state index >= 15 is 0 Å². The lowest BCUT2D eigenvalue weighted by molar-refractivity contribution is -0.138. The summed E-state index contributed by atoms with van der Waals surface area (Å²) in [4.78, 5) is 22.4. The van der Waals surface area contributed by atoms with E-state index in [4.69, 9.17) is 5.73 Å². The Morgan fingerprint density at radius 3 is 2.25 bits per heavy atom. The van der Waals surface area contributed by atoms with E-state index in [-0.39, 0.29) is 5.69 Å². The zero-order valence-corrected chi connectivity index (χ0v) is 10.3. The molecule has 1 amide bonds. The van der Waals surface area contributed by atoms with Crippen molar-refractivity contribution >= 4 is 17.6 Å². The number of esters is 1. The number of methoxy groups -OCH3 is 1. The first-order valence-corrected chi connectivity index (χ1v) is 5.27. The van der Waals surface area contributed by atoms with E-state index in [2.05, 4.69) is 10.1 Å². The van der Waals surface area contributed by atoms with E-state index in [1.165, 1.54) is 0 Å². The summed E-state index contributed by atoms with van der Waals surface area (Å²) in [5.74, 6) is -1.64. The number of ether oxygens (including phenoxy) is 1. The number of carbonyl (C=O) groups is 2. The number of nitrogens with one attached hydrogen (secondary N) is 1. The number of halogens is 3. The van der Waals surface area contributed by atoms with Gasteiger partial charge in [-0.15, -0.1) is 0 Å². The van der Waals surface area contributed by atoms with E-state index in [0.29, 0.717) is 0 Å². The number of carbonyl (C=O) groups excluding carboxylic acids is 2. The molecule has 1 aromatic carbocycles. The molecule has 108 valence electrons. The number of alkyl halides is 3. The highest BCUT2D eigenvalue weighted by Crippen LogP contribution is 2.29. The highest BCUT2D eigenvalue weighted by atomic mass is 19.4. The Labute approximate surface area is 112 Å². The van der Waals surface area contributed by atoms with Crippen LogP contribution in [0, 0.1) is 0 Å². The number of hydrogen-bond acceptors (Lipinski definition) is 4. The molecule has 0 bridgehead atoms. The fourth-order valence-electron chi connectivity index (χ4n) is 1.24. The summed E-state index contributed by atoms with van der Waals surface area (Å²) in [6.45, 7) is 0. The minimum Gasteiger partial charge on any atom is -0.464 e. The molecule has 0 saturated heterocycles. The predicted molar refractivity (Wildman–Crippen MR) is 64.4 cm³/mol. The van der Waals surface area contributed by atoms with Gasteiger partial charge in [0, 0.05) is 11.8 Å². The van der Waals surface area contributed by atoms with Gasteiger partial charge in [-0.1, -0.05) is 0 Å². The molecule has 0 radical (unpaired) electrons. The van der Waals surface area contributed by atoms with Crippen molar-refractivity contribution < 1.29 is 27.5 Å². The van der Waals surface area contributed by atoms with Crippen LogP contribution in [0.15, 0.2) is 36.0 Å². The Kier molecular flexibility index (Phi) is 4.73. The molecule has 20 heavy (non-hydrogen) atoms. The van der Waals surface area contributed by atoms with Crippen LogP contribution in [-0.4, -0.2) is 19.0 Å². The minimum absolute atomic E-state index is 0.136. The molecule has 5 nitrogen and oxygen atoms in total. The Morgan fingerprint density at radius 2 is 1.80 bits per heavy atom. The molecule has 0 aromatic heterocycles. The number of nitrogens with two attached hydrogens (primary N) is 1. The van der Waals surface area contributed by atoms with Crippen molar-refractivity contribution in [3.8, 4) is 0 Å². The van der Waals surface area contributed by atoms with Gasteiger partial charge in [0.05, 0.1) is 12.7 Å². The zero-order valence-electron chi connectivity index (χ0n) is 10.3. The van der Waals surface area contributed by atoms with Crippen molar-refractivity contribution in [3.63, 3.8) is 0 Å². The molecule has 0 unspecified atom stereocenters. The molecule has 0 atom stereocenters. The molecule has 0 saturated carbocycles. The van der Waals surface area contributed by atoms with Gasteiger partial charge in [0.25, 0.3) is 5.91 Å². The molecule has 0 spiro atoms. The lowest BCUT2D eigenvalue weighted by Crippen LogP contribution is -2.17. The Hall–Kier alpha value is -2.51. The van der Waals surface area contributed by atoms with Crippen LogP contribution in [0.3, 0.4) is 0 Å². The predicted octanol–water partition coefficient (Wildman–Crippen LogP) is 1.66. The third kappa shape index (κ3) is 4.30. The van der Waals surface area contributed by atoms with Gasteiger partial charge in [-0.25, -0.2) is 4.79 Å². The lowest BCUT2D eigenvalue weighted by Gasteiger charge is -2.08. The largest absolute Gasteiger partial charge is 0.464 e. The molecule has 1 aromatic rings. The van der Waals surface area contributed by atoms with E-state index in [1.807, 2.05) is 0 Å². The molecule has 0 aliphatic heterocycles. The number of rotatable bonds is 3. The maximum absolute atomic E-state index is 12.3. The maximum Gasteiger partial charge on any atom is 0.416 e. The van der Waals surface area contributed by atoms with Crippen LogP contribution in [0.1, 0.15) is 5.56 Å². The second-order valence-corrected chi connectivity index (χ2v) is 3.66. The van der Waals surface area contributed by atoms with Crippen molar-refractivity contribution in [2.75, 3.05) is 12.4 Å². The smallest absolute Gasteiger partial charge is 0.416 e. The summed E-state index contributed by atoms with van der Waals surface area (Å²) in [5, 5.41) is 2.26. The summed E-state index contributed by atoms with van der Waals surface area (Å²) in [5.41, 5.74) is 4.12. The molecule has 0 aliphatic carbocycles. The first-order chi connectivity index (χ1) is 9.24. The summed E-state index contributed by atoms with van der Waals surface area (Å²) in [6, 6.07) is 3.82. The van der Waals surface area contributed by atoms with Gasteiger partial charge < -0.3 is 15.8 Å². The standard InChI is InChI=1S/C12H11F3N2O3/c1-20-11(19)9(16)6-10(18)17-8-4-2-7(3-5-8)12(13,14)15/h2-6H,16H2,1H3,(H,17,18). The number of hydrogen-bond donors (Lipinski definition) is 2. The third-order valence-corrected chi connectivity index (χ3v) is 2.19. The van der Waals surface area contributed by atoms with Crippen molar-refractivity contribution in [2.45, 2.75) is 6.18 Å². The normalized spacial score (nSPS) is 11.9. The van der Waals surface area contributed by atoms with Gasteiger partial charge in [-0.2, -0.15) is 13.2 Å². The van der Waals surface area contributed by atoms with Crippen LogP contribution in [0.2, 0.25) is 0 Å². The zero-order chi connectivity index (χ0) is 15.3. The Balaban J connectivity index is 2.75. The summed E-state index contributed by atoms with van der Waals surface area (Å²) >= 11 is 0. The first-order valence-electron chi connectivity index (χ1n) is 5.27. The maximum atomic E-state index is 12.3. The van der Waals surface area contributed by atoms with Crippen molar-refractivity contribution in [2.24, 2.45) is 5.73 Å². The molecule has 3 N–H and O–H groups in total. The van der Waals surface area contributed by atoms with E-state index in [1.54, 1.807) is 0 Å². The van der Waals surface area contributed by atoms with E-state index < -0.39 is 29.3 Å². The van der Waals surface area contributed by atoms with Crippen molar-refractivity contribution in [3.05, 3.63) is 41.6 Å². The fourth-order valence-corrected chi connectivity index (χ4v) is 1.24. The van der Waals surface area contributed by atoms with Gasteiger partial charge in [0.1, 0.15) is 5.70 Å². The van der Waals surface area contributed by atoms with E-state index in [0.717, 1.165) is 37.5 Å². The van der Waals surface area contributed by atoms with Crippen LogP contribution in [0.5, 0.6) is 0 Å². The quantitative estimate of drug-likeness (QED) is 0.654. The molecular formula is C12H11F3N2O3. The fraction of sp³-hybridized carbons (Fsp3) is 0.167. The van der Waals surface area contributed by atoms with Gasteiger partial charge in [-0.3, -0.25) is 4.79 Å². The summed E-state index contributed by atoms with van der Waals surface area (Å²) < 4.78 is 41.2. The van der Waals surface area contributed by atoms with Gasteiger partial charge in [0.15, 0.2) is 0 Å². The van der Waals surface area contributed by atoms with Crippen LogP contribution >= 0.6 is 0 Å². The first kappa shape index (κ1) is 15.5. The third-order valence-electron chi connectivity index (χ3n) is 2.19. The van der Waals surface area contributed by atoms with Crippen LogP contribution in [0.4, 0.5) is 18.9 Å². The molecule has 0 aliphatic rings. The van der Waals surface area contributed by atoms with Gasteiger partial charge in [0.2, 0.25) is 0 Å². The lowest BCUT2D eigenvalue weighted by atomic mass is 10.2. The molecule has 0 fully saturated rings. The minimum atomic E-state index is -4.45. The van der Waals surface area contributed by atoms with Gasteiger partial charge in [-0.05, 0) is 24.3 Å². The summed E-state index contributed by atoms with van der Waals surface area (Å²) in [7, 11) is 1.09. The molecule has 1 rings (SSSR count). The SMILES string of the molecule is COC(=O)C(N)=CC(=O)Nc1ccc(C(F)(F)F)cc1. The van der Waals surface area contributed by atoms with Crippen molar-refractivity contribution in [1.29, 1.82) is 0 Å². The number of amides is 1. The van der Waals surface area contributed by atoms with Crippen LogP contribution < -0.4 is 11.1 Å². The average molecular weight is 288 g/mol. The number of anilines is 1. The summed E-state index contributed by atoms with van der Waals surface area (Å²) in [6.07, 6.45) is -3.67. The highest BCUT2D eigenvalue weighted by Gasteiger charge is 2.29. The monoisotopic (exact) mass is 288 g/mol.